The number of rotatable bonds is 3. The van der Waals surface area contributed by atoms with Crippen molar-refractivity contribution in [3.63, 3.8) is 0 Å². The molecule has 0 saturated carbocycles. The lowest BCUT2D eigenvalue weighted by atomic mass is 9.93. The maximum absolute atomic E-state index is 11.8. The average Bonchev–Trinajstić information content (AvgIpc) is 2.83. The lowest BCUT2D eigenvalue weighted by Crippen LogP contribution is -2.43. The van der Waals surface area contributed by atoms with Crippen molar-refractivity contribution in [1.82, 2.24) is 10.2 Å². The highest BCUT2D eigenvalue weighted by atomic mass is 79.9. The fraction of sp³-hybridized carbons (Fsp3) is 0.375. The van der Waals surface area contributed by atoms with E-state index in [-0.39, 0.29) is 18.6 Å². The molecule has 2 aromatic rings. The number of nitrogens with zero attached hydrogens (tertiary/aromatic N) is 1. The van der Waals surface area contributed by atoms with E-state index in [4.69, 9.17) is 9.47 Å². The Balaban J connectivity index is 0.000000196. The molecule has 4 rings (SSSR count). The fourth-order valence-electron chi connectivity index (χ4n) is 4.18. The maximum atomic E-state index is 11.8. The second-order valence-corrected chi connectivity index (χ2v) is 9.37. The Kier molecular flexibility index (Phi) is 9.10. The third-order valence-corrected chi connectivity index (χ3v) is 7.21. The minimum absolute atomic E-state index is 0.228. The van der Waals surface area contributed by atoms with Crippen LogP contribution in [0.4, 0.5) is 4.79 Å². The van der Waals surface area contributed by atoms with E-state index in [1.54, 1.807) is 19.1 Å². The Hall–Kier alpha value is -2.43. The summed E-state index contributed by atoms with van der Waals surface area (Å²) in [4.78, 5) is 36.1. The SMILES string of the molecule is CCOC(=O)N1CCc2c(Br)cccc2C1C(=O)O.COC(=O)C1NCCc2c(Br)cccc21. The molecule has 0 saturated heterocycles. The van der Waals surface area contributed by atoms with E-state index in [1.165, 1.54) is 17.6 Å². The van der Waals surface area contributed by atoms with Gasteiger partial charge in [-0.1, -0.05) is 56.1 Å². The zero-order valence-electron chi connectivity index (χ0n) is 18.8. The van der Waals surface area contributed by atoms with Gasteiger partial charge < -0.3 is 19.9 Å². The van der Waals surface area contributed by atoms with Crippen LogP contribution in [0.1, 0.15) is 41.3 Å². The largest absolute Gasteiger partial charge is 0.479 e. The zero-order valence-corrected chi connectivity index (χ0v) is 22.0. The van der Waals surface area contributed by atoms with Gasteiger partial charge in [0.1, 0.15) is 6.04 Å². The van der Waals surface area contributed by atoms with Crippen molar-refractivity contribution < 1.29 is 29.0 Å². The summed E-state index contributed by atoms with van der Waals surface area (Å²) in [6.07, 6.45) is 0.962. The van der Waals surface area contributed by atoms with E-state index in [0.29, 0.717) is 18.5 Å². The number of nitrogens with one attached hydrogen (secondary N) is 1. The number of ether oxygens (including phenoxy) is 2. The number of carboxylic acid groups (broad SMARTS) is 1. The first-order valence-corrected chi connectivity index (χ1v) is 12.4. The molecule has 2 N–H and O–H groups in total. The van der Waals surface area contributed by atoms with Gasteiger partial charge in [0.15, 0.2) is 6.04 Å². The second-order valence-electron chi connectivity index (χ2n) is 7.66. The molecule has 182 valence electrons. The van der Waals surface area contributed by atoms with Gasteiger partial charge in [-0.15, -0.1) is 0 Å². The normalized spacial score (nSPS) is 18.5. The van der Waals surface area contributed by atoms with E-state index in [9.17, 15) is 19.5 Å². The number of carbonyl (C=O) groups is 3. The number of aliphatic carboxylic acids is 1. The van der Waals surface area contributed by atoms with Crippen LogP contribution in [-0.2, 0) is 31.9 Å². The monoisotopic (exact) mass is 596 g/mol. The molecule has 2 aromatic carbocycles. The van der Waals surface area contributed by atoms with Crippen LogP contribution in [0, 0.1) is 0 Å². The van der Waals surface area contributed by atoms with Gasteiger partial charge in [-0.2, -0.15) is 0 Å². The number of benzene rings is 2. The third kappa shape index (κ3) is 5.61. The number of esters is 1. The van der Waals surface area contributed by atoms with E-state index < -0.39 is 18.1 Å². The second kappa shape index (κ2) is 11.8. The minimum atomic E-state index is -1.05. The van der Waals surface area contributed by atoms with Crippen molar-refractivity contribution in [3.05, 3.63) is 67.6 Å². The molecule has 2 heterocycles. The molecule has 2 aliphatic rings. The first-order valence-electron chi connectivity index (χ1n) is 10.8. The molecule has 0 bridgehead atoms. The topological polar surface area (TPSA) is 105 Å². The van der Waals surface area contributed by atoms with Gasteiger partial charge in [-0.25, -0.2) is 14.4 Å². The number of hydrogen-bond donors (Lipinski definition) is 2. The van der Waals surface area contributed by atoms with Crippen molar-refractivity contribution in [2.45, 2.75) is 31.8 Å². The molecular formula is C24H26Br2N2O6. The molecule has 2 aliphatic heterocycles. The summed E-state index contributed by atoms with van der Waals surface area (Å²) in [5, 5.41) is 12.6. The van der Waals surface area contributed by atoms with Crippen molar-refractivity contribution in [1.29, 1.82) is 0 Å². The molecule has 0 spiro atoms. The molecule has 0 radical (unpaired) electrons. The number of carboxylic acids is 1. The summed E-state index contributed by atoms with van der Waals surface area (Å²) in [6, 6.07) is 9.98. The van der Waals surface area contributed by atoms with E-state index in [0.717, 1.165) is 33.0 Å². The standard InChI is InChI=1S/C13H14BrNO4.C11H12BrNO2/c1-2-19-13(18)15-7-6-8-9(11(15)12(16)17)4-3-5-10(8)14;1-15-11(14)10-8-3-2-4-9(12)7(8)5-6-13-10/h3-5,11H,2,6-7H2,1H3,(H,16,17);2-4,10,13H,5-6H2,1H3. The molecule has 2 atom stereocenters. The molecule has 34 heavy (non-hydrogen) atoms. The molecule has 10 heteroatoms. The Labute approximate surface area is 214 Å². The average molecular weight is 598 g/mol. The van der Waals surface area contributed by atoms with Gasteiger partial charge in [-0.3, -0.25) is 4.90 Å². The molecule has 2 unspecified atom stereocenters. The van der Waals surface area contributed by atoms with E-state index in [2.05, 4.69) is 37.2 Å². The van der Waals surface area contributed by atoms with Crippen LogP contribution in [0.25, 0.3) is 0 Å². The number of carbonyl (C=O) groups excluding carboxylic acids is 2. The summed E-state index contributed by atoms with van der Waals surface area (Å²) >= 11 is 6.92. The number of fused-ring (bicyclic) bond motifs is 2. The third-order valence-electron chi connectivity index (χ3n) is 5.73. The lowest BCUT2D eigenvalue weighted by Gasteiger charge is -2.34. The van der Waals surface area contributed by atoms with Crippen LogP contribution in [-0.4, -0.2) is 54.8 Å². The number of amides is 1. The van der Waals surface area contributed by atoms with Crippen LogP contribution in [0.2, 0.25) is 0 Å². The van der Waals surface area contributed by atoms with Gasteiger partial charge in [0.05, 0.1) is 13.7 Å². The smallest absolute Gasteiger partial charge is 0.410 e. The van der Waals surface area contributed by atoms with E-state index >= 15 is 0 Å². The van der Waals surface area contributed by atoms with E-state index in [1.807, 2.05) is 24.3 Å². The van der Waals surface area contributed by atoms with Crippen LogP contribution < -0.4 is 5.32 Å². The molecular weight excluding hydrogens is 572 g/mol. The van der Waals surface area contributed by atoms with Crippen molar-refractivity contribution in [2.75, 3.05) is 26.8 Å². The van der Waals surface area contributed by atoms with Crippen molar-refractivity contribution in [2.24, 2.45) is 0 Å². The lowest BCUT2D eigenvalue weighted by molar-refractivity contribution is -0.144. The molecule has 0 aliphatic carbocycles. The summed E-state index contributed by atoms with van der Waals surface area (Å²) < 4.78 is 11.6. The maximum Gasteiger partial charge on any atom is 0.410 e. The Bertz CT molecular complexity index is 1080. The first kappa shape index (κ1) is 26.2. The summed E-state index contributed by atoms with van der Waals surface area (Å²) in [6.45, 7) is 3.07. The van der Waals surface area contributed by atoms with Crippen LogP contribution in [0.15, 0.2) is 45.3 Å². The minimum Gasteiger partial charge on any atom is -0.479 e. The quantitative estimate of drug-likeness (QED) is 0.505. The van der Waals surface area contributed by atoms with Crippen LogP contribution >= 0.6 is 31.9 Å². The highest BCUT2D eigenvalue weighted by Crippen LogP contribution is 2.34. The summed E-state index contributed by atoms with van der Waals surface area (Å²) in [5.74, 6) is -1.28. The van der Waals surface area contributed by atoms with Gasteiger partial charge in [0.2, 0.25) is 0 Å². The predicted molar refractivity (Wildman–Crippen MR) is 133 cm³/mol. The number of methoxy groups -OCH3 is 1. The number of hydrogen-bond acceptors (Lipinski definition) is 6. The number of halogens is 2. The predicted octanol–water partition coefficient (Wildman–Crippen LogP) is 4.40. The van der Waals surface area contributed by atoms with Crippen LogP contribution in [0.3, 0.4) is 0 Å². The summed E-state index contributed by atoms with van der Waals surface area (Å²) in [5.41, 5.74) is 3.80. The first-order chi connectivity index (χ1) is 16.3. The van der Waals surface area contributed by atoms with Gasteiger partial charge >= 0.3 is 18.0 Å². The zero-order chi connectivity index (χ0) is 24.8. The Morgan fingerprint density at radius 3 is 2.26 bits per heavy atom. The van der Waals surface area contributed by atoms with Gasteiger partial charge in [0, 0.05) is 22.0 Å². The van der Waals surface area contributed by atoms with Gasteiger partial charge in [0.25, 0.3) is 0 Å². The molecule has 0 fully saturated rings. The highest BCUT2D eigenvalue weighted by Gasteiger charge is 2.37. The molecule has 8 nitrogen and oxygen atoms in total. The summed E-state index contributed by atoms with van der Waals surface area (Å²) in [7, 11) is 1.41. The van der Waals surface area contributed by atoms with Crippen molar-refractivity contribution in [3.8, 4) is 0 Å². The van der Waals surface area contributed by atoms with Crippen LogP contribution in [0.5, 0.6) is 0 Å². The highest BCUT2D eigenvalue weighted by molar-refractivity contribution is 9.10. The van der Waals surface area contributed by atoms with Crippen molar-refractivity contribution >= 4 is 49.9 Å². The molecule has 0 aromatic heterocycles. The Morgan fingerprint density at radius 1 is 1.06 bits per heavy atom. The Morgan fingerprint density at radius 2 is 1.68 bits per heavy atom. The van der Waals surface area contributed by atoms with Gasteiger partial charge in [-0.05, 0) is 54.2 Å². The molecule has 1 amide bonds. The fourth-order valence-corrected chi connectivity index (χ4v) is 5.34.